The molecule has 0 unspecified atom stereocenters. The van der Waals surface area contributed by atoms with Crippen LogP contribution < -0.4 is 15.8 Å². The van der Waals surface area contributed by atoms with Gasteiger partial charge in [-0.3, -0.25) is 0 Å². The molecule has 0 spiro atoms. The molecule has 0 aromatic carbocycles. The van der Waals surface area contributed by atoms with E-state index in [1.165, 1.54) is 12.8 Å². The topological polar surface area (TPSA) is 73.1 Å². The zero-order chi connectivity index (χ0) is 12.5. The summed E-state index contributed by atoms with van der Waals surface area (Å²) in [6.07, 6.45) is 2.57. The molecule has 0 bridgehead atoms. The van der Waals surface area contributed by atoms with Crippen molar-refractivity contribution in [2.75, 3.05) is 24.7 Å². The number of hydrogen-bond acceptors (Lipinski definition) is 5. The first-order valence-electron chi connectivity index (χ1n) is 5.98. The average molecular weight is 236 g/mol. The zero-order valence-corrected chi connectivity index (χ0v) is 10.7. The maximum Gasteiger partial charge on any atom is 0.225 e. The third-order valence-electron chi connectivity index (χ3n) is 3.67. The molecular formula is C12H20N4O. The number of rotatable bonds is 5. The van der Waals surface area contributed by atoms with E-state index in [4.69, 9.17) is 10.5 Å². The number of anilines is 2. The molecule has 1 saturated carbocycles. The molecule has 5 nitrogen and oxygen atoms in total. The second kappa shape index (κ2) is 4.39. The molecule has 0 aliphatic heterocycles. The summed E-state index contributed by atoms with van der Waals surface area (Å²) < 4.78 is 5.06. The number of aromatic nitrogens is 2. The van der Waals surface area contributed by atoms with E-state index < -0.39 is 0 Å². The number of methoxy groups -OCH3 is 1. The number of nitrogens with one attached hydrogen (secondary N) is 1. The van der Waals surface area contributed by atoms with Crippen LogP contribution in [0.25, 0.3) is 0 Å². The van der Waals surface area contributed by atoms with Crippen LogP contribution in [0.4, 0.5) is 11.8 Å². The molecule has 94 valence electrons. The number of nitrogens with two attached hydrogens (primary N) is 1. The van der Waals surface area contributed by atoms with Crippen LogP contribution in [0.5, 0.6) is 5.88 Å². The third-order valence-corrected chi connectivity index (χ3v) is 3.67. The lowest BCUT2D eigenvalue weighted by Gasteiger charge is -2.20. The van der Waals surface area contributed by atoms with E-state index in [2.05, 4.69) is 29.1 Å². The lowest BCUT2D eigenvalue weighted by atomic mass is 9.92. The highest BCUT2D eigenvalue weighted by Gasteiger charge is 2.44. The lowest BCUT2D eigenvalue weighted by molar-refractivity contribution is 0.379. The quantitative estimate of drug-likeness (QED) is 0.817. The Labute approximate surface area is 102 Å². The van der Waals surface area contributed by atoms with Gasteiger partial charge in [-0.25, -0.2) is 0 Å². The molecule has 1 aromatic heterocycles. The third kappa shape index (κ3) is 2.60. The van der Waals surface area contributed by atoms with E-state index in [9.17, 15) is 0 Å². The SMILES string of the molecule is COc1cc(NCC2(C(C)C)CC2)nc(N)n1. The van der Waals surface area contributed by atoms with Gasteiger partial charge in [-0.15, -0.1) is 0 Å². The van der Waals surface area contributed by atoms with Crippen LogP contribution >= 0.6 is 0 Å². The van der Waals surface area contributed by atoms with Gasteiger partial charge in [-0.1, -0.05) is 13.8 Å². The molecule has 17 heavy (non-hydrogen) atoms. The molecule has 1 aromatic rings. The fraction of sp³-hybridized carbons (Fsp3) is 0.667. The van der Waals surface area contributed by atoms with Gasteiger partial charge in [0.2, 0.25) is 11.8 Å². The van der Waals surface area contributed by atoms with Crippen molar-refractivity contribution in [2.24, 2.45) is 11.3 Å². The summed E-state index contributed by atoms with van der Waals surface area (Å²) in [5, 5.41) is 3.33. The van der Waals surface area contributed by atoms with Crippen LogP contribution in [0.15, 0.2) is 6.07 Å². The summed E-state index contributed by atoms with van der Waals surface area (Å²) in [6, 6.07) is 1.77. The first-order chi connectivity index (χ1) is 8.05. The maximum absolute atomic E-state index is 5.61. The molecule has 0 saturated heterocycles. The van der Waals surface area contributed by atoms with E-state index in [-0.39, 0.29) is 5.95 Å². The van der Waals surface area contributed by atoms with Crippen LogP contribution in [-0.2, 0) is 0 Å². The highest BCUT2D eigenvalue weighted by molar-refractivity contribution is 5.43. The van der Waals surface area contributed by atoms with Crippen LogP contribution in [0, 0.1) is 11.3 Å². The normalized spacial score (nSPS) is 16.9. The van der Waals surface area contributed by atoms with E-state index in [1.807, 2.05) is 0 Å². The van der Waals surface area contributed by atoms with Crippen molar-refractivity contribution in [3.63, 3.8) is 0 Å². The maximum atomic E-state index is 5.61. The van der Waals surface area contributed by atoms with E-state index in [0.717, 1.165) is 12.4 Å². The summed E-state index contributed by atoms with van der Waals surface area (Å²) >= 11 is 0. The van der Waals surface area contributed by atoms with Gasteiger partial charge in [0.05, 0.1) is 7.11 Å². The lowest BCUT2D eigenvalue weighted by Crippen LogP contribution is -2.21. The molecule has 3 N–H and O–H groups in total. The minimum atomic E-state index is 0.237. The number of nitrogens with zero attached hydrogens (tertiary/aromatic N) is 2. The van der Waals surface area contributed by atoms with Crippen molar-refractivity contribution >= 4 is 11.8 Å². The predicted octanol–water partition coefficient (Wildman–Crippen LogP) is 1.92. The summed E-state index contributed by atoms with van der Waals surface area (Å²) in [4.78, 5) is 8.10. The largest absolute Gasteiger partial charge is 0.481 e. The summed E-state index contributed by atoms with van der Waals surface area (Å²) in [5.41, 5.74) is 6.04. The van der Waals surface area contributed by atoms with Crippen molar-refractivity contribution in [3.8, 4) is 5.88 Å². The molecule has 1 heterocycles. The predicted molar refractivity (Wildman–Crippen MR) is 68.0 cm³/mol. The molecule has 0 atom stereocenters. The Morgan fingerprint density at radius 1 is 1.47 bits per heavy atom. The van der Waals surface area contributed by atoms with Crippen molar-refractivity contribution in [1.29, 1.82) is 0 Å². The van der Waals surface area contributed by atoms with Gasteiger partial charge in [-0.2, -0.15) is 9.97 Å². The average Bonchev–Trinajstić information content (AvgIpc) is 3.06. The molecule has 0 radical (unpaired) electrons. The summed E-state index contributed by atoms with van der Waals surface area (Å²) in [7, 11) is 1.57. The Bertz CT molecular complexity index is 401. The summed E-state index contributed by atoms with van der Waals surface area (Å²) in [5.74, 6) is 2.16. The first-order valence-corrected chi connectivity index (χ1v) is 5.98. The van der Waals surface area contributed by atoms with Crippen molar-refractivity contribution in [3.05, 3.63) is 6.07 Å². The standard InChI is InChI=1S/C12H20N4O/c1-8(2)12(4-5-12)7-14-9-6-10(17-3)16-11(13)15-9/h6,8H,4-5,7H2,1-3H3,(H3,13,14,15,16). The van der Waals surface area contributed by atoms with Crippen LogP contribution in [0.1, 0.15) is 26.7 Å². The van der Waals surface area contributed by atoms with Gasteiger partial charge < -0.3 is 15.8 Å². The van der Waals surface area contributed by atoms with Gasteiger partial charge in [0.25, 0.3) is 0 Å². The molecule has 1 fully saturated rings. The smallest absolute Gasteiger partial charge is 0.225 e. The van der Waals surface area contributed by atoms with Crippen molar-refractivity contribution < 1.29 is 4.74 Å². The molecule has 0 amide bonds. The Morgan fingerprint density at radius 2 is 2.18 bits per heavy atom. The number of ether oxygens (including phenoxy) is 1. The van der Waals surface area contributed by atoms with Crippen molar-refractivity contribution in [1.82, 2.24) is 9.97 Å². The van der Waals surface area contributed by atoms with Gasteiger partial charge in [-0.05, 0) is 24.2 Å². The van der Waals surface area contributed by atoms with E-state index in [1.54, 1.807) is 13.2 Å². The Balaban J connectivity index is 2.02. The van der Waals surface area contributed by atoms with E-state index in [0.29, 0.717) is 17.2 Å². The number of hydrogen-bond donors (Lipinski definition) is 2. The fourth-order valence-corrected chi connectivity index (χ4v) is 2.02. The second-order valence-electron chi connectivity index (χ2n) is 5.02. The second-order valence-corrected chi connectivity index (χ2v) is 5.02. The van der Waals surface area contributed by atoms with Gasteiger partial charge in [0, 0.05) is 12.6 Å². The molecule has 1 aliphatic carbocycles. The van der Waals surface area contributed by atoms with Gasteiger partial charge in [0.15, 0.2) is 0 Å². The summed E-state index contributed by atoms with van der Waals surface area (Å²) in [6.45, 7) is 5.47. The molecule has 1 aliphatic rings. The van der Waals surface area contributed by atoms with Gasteiger partial charge in [0.1, 0.15) is 5.82 Å². The number of nitrogen functional groups attached to an aromatic ring is 1. The van der Waals surface area contributed by atoms with Gasteiger partial charge >= 0.3 is 0 Å². The Kier molecular flexibility index (Phi) is 3.09. The highest BCUT2D eigenvalue weighted by Crippen LogP contribution is 2.51. The Morgan fingerprint density at radius 3 is 2.71 bits per heavy atom. The fourth-order valence-electron chi connectivity index (χ4n) is 2.02. The van der Waals surface area contributed by atoms with Crippen LogP contribution in [-0.4, -0.2) is 23.6 Å². The van der Waals surface area contributed by atoms with Crippen LogP contribution in [0.3, 0.4) is 0 Å². The van der Waals surface area contributed by atoms with Crippen molar-refractivity contribution in [2.45, 2.75) is 26.7 Å². The minimum absolute atomic E-state index is 0.237. The van der Waals surface area contributed by atoms with Crippen LogP contribution in [0.2, 0.25) is 0 Å². The first kappa shape index (κ1) is 12.0. The molecule has 2 rings (SSSR count). The molecular weight excluding hydrogens is 216 g/mol. The highest BCUT2D eigenvalue weighted by atomic mass is 16.5. The van der Waals surface area contributed by atoms with E-state index >= 15 is 0 Å². The monoisotopic (exact) mass is 236 g/mol. The zero-order valence-electron chi connectivity index (χ0n) is 10.7. The minimum Gasteiger partial charge on any atom is -0.481 e. The molecule has 5 heteroatoms. The Hall–Kier alpha value is -1.52.